The standard InChI is InChI=1S/C19H16ClN3O3S/c1-12-5-6-13(10-16(12)18-4-2-3-9-22-18)23-19(24)15-8-7-14(11-17(15)20)27(21,25)26/h2-11H,1H3,(H,23,24)(H2,21,25,26). The molecule has 3 rings (SSSR count). The maximum absolute atomic E-state index is 12.5. The predicted octanol–water partition coefficient (Wildman–Crippen LogP) is 3.61. The van der Waals surface area contributed by atoms with Crippen molar-refractivity contribution in [2.45, 2.75) is 11.8 Å². The average Bonchev–Trinajstić information content (AvgIpc) is 2.63. The Morgan fingerprint density at radius 1 is 1.11 bits per heavy atom. The van der Waals surface area contributed by atoms with Crippen molar-refractivity contribution in [2.75, 3.05) is 5.32 Å². The van der Waals surface area contributed by atoms with E-state index in [4.69, 9.17) is 16.7 Å². The molecule has 3 N–H and O–H groups in total. The zero-order valence-electron chi connectivity index (χ0n) is 14.3. The number of carbonyl (C=O) groups is 1. The van der Waals surface area contributed by atoms with Crippen LogP contribution in [0.1, 0.15) is 15.9 Å². The van der Waals surface area contributed by atoms with Gasteiger partial charge in [0, 0.05) is 17.4 Å². The zero-order valence-corrected chi connectivity index (χ0v) is 15.9. The molecule has 1 amide bonds. The second-order valence-corrected chi connectivity index (χ2v) is 7.85. The number of halogens is 1. The molecule has 0 unspecified atom stereocenters. The van der Waals surface area contributed by atoms with Gasteiger partial charge >= 0.3 is 0 Å². The summed E-state index contributed by atoms with van der Waals surface area (Å²) >= 11 is 6.06. The largest absolute Gasteiger partial charge is 0.322 e. The molecule has 8 heteroatoms. The fraction of sp³-hybridized carbons (Fsp3) is 0.0526. The highest BCUT2D eigenvalue weighted by atomic mass is 35.5. The summed E-state index contributed by atoms with van der Waals surface area (Å²) in [6.45, 7) is 1.96. The van der Waals surface area contributed by atoms with Crippen LogP contribution in [0.25, 0.3) is 11.3 Å². The molecule has 27 heavy (non-hydrogen) atoms. The number of nitrogens with one attached hydrogen (secondary N) is 1. The second kappa shape index (κ2) is 7.48. The third-order valence-electron chi connectivity index (χ3n) is 3.95. The molecule has 2 aromatic carbocycles. The topological polar surface area (TPSA) is 102 Å². The second-order valence-electron chi connectivity index (χ2n) is 5.89. The van der Waals surface area contributed by atoms with Crippen molar-refractivity contribution in [3.63, 3.8) is 0 Å². The summed E-state index contributed by atoms with van der Waals surface area (Å²) in [6, 6.07) is 14.8. The van der Waals surface area contributed by atoms with Crippen LogP contribution in [-0.2, 0) is 10.0 Å². The fourth-order valence-electron chi connectivity index (χ4n) is 2.55. The van der Waals surface area contributed by atoms with E-state index in [0.29, 0.717) is 5.69 Å². The number of sulfonamides is 1. The molecule has 0 radical (unpaired) electrons. The summed E-state index contributed by atoms with van der Waals surface area (Å²) in [7, 11) is -3.89. The van der Waals surface area contributed by atoms with E-state index in [9.17, 15) is 13.2 Å². The number of rotatable bonds is 4. The highest BCUT2D eigenvalue weighted by Crippen LogP contribution is 2.26. The van der Waals surface area contributed by atoms with Gasteiger partial charge < -0.3 is 5.32 Å². The highest BCUT2D eigenvalue weighted by Gasteiger charge is 2.16. The summed E-state index contributed by atoms with van der Waals surface area (Å²) in [5.41, 5.74) is 3.41. The van der Waals surface area contributed by atoms with Crippen LogP contribution in [0.5, 0.6) is 0 Å². The Morgan fingerprint density at radius 3 is 2.52 bits per heavy atom. The minimum absolute atomic E-state index is 0.00362. The average molecular weight is 402 g/mol. The van der Waals surface area contributed by atoms with E-state index in [1.165, 1.54) is 12.1 Å². The molecule has 0 bridgehead atoms. The monoisotopic (exact) mass is 401 g/mol. The van der Waals surface area contributed by atoms with E-state index in [1.54, 1.807) is 12.3 Å². The number of anilines is 1. The SMILES string of the molecule is Cc1ccc(NC(=O)c2ccc(S(N)(=O)=O)cc2Cl)cc1-c1ccccn1. The number of nitrogens with two attached hydrogens (primary N) is 1. The Bertz CT molecular complexity index is 1120. The minimum Gasteiger partial charge on any atom is -0.322 e. The minimum atomic E-state index is -3.89. The normalized spacial score (nSPS) is 11.2. The van der Waals surface area contributed by atoms with Crippen LogP contribution in [0.4, 0.5) is 5.69 Å². The van der Waals surface area contributed by atoms with Gasteiger partial charge in [-0.1, -0.05) is 23.7 Å². The maximum Gasteiger partial charge on any atom is 0.257 e. The lowest BCUT2D eigenvalue weighted by atomic mass is 10.0. The van der Waals surface area contributed by atoms with Gasteiger partial charge in [-0.25, -0.2) is 13.6 Å². The number of amides is 1. The van der Waals surface area contributed by atoms with Gasteiger partial charge in [0.1, 0.15) is 0 Å². The van der Waals surface area contributed by atoms with E-state index in [1.807, 2.05) is 37.3 Å². The first kappa shape index (κ1) is 19.0. The van der Waals surface area contributed by atoms with Gasteiger partial charge in [-0.15, -0.1) is 0 Å². The van der Waals surface area contributed by atoms with Crippen LogP contribution >= 0.6 is 11.6 Å². The molecule has 0 atom stereocenters. The molecule has 1 heterocycles. The first-order valence-corrected chi connectivity index (χ1v) is 9.84. The first-order valence-electron chi connectivity index (χ1n) is 7.91. The Labute approximate surface area is 162 Å². The van der Waals surface area contributed by atoms with Crippen LogP contribution in [0.2, 0.25) is 5.02 Å². The lowest BCUT2D eigenvalue weighted by molar-refractivity contribution is 0.102. The summed E-state index contributed by atoms with van der Waals surface area (Å²) in [6.07, 6.45) is 1.70. The lowest BCUT2D eigenvalue weighted by Gasteiger charge is -2.11. The van der Waals surface area contributed by atoms with Gasteiger partial charge in [-0.05, 0) is 55.0 Å². The molecule has 3 aromatic rings. The number of primary sulfonamides is 1. The number of hydrogen-bond donors (Lipinski definition) is 2. The van der Waals surface area contributed by atoms with E-state index in [2.05, 4.69) is 10.3 Å². The van der Waals surface area contributed by atoms with Gasteiger partial charge in [-0.3, -0.25) is 9.78 Å². The van der Waals surface area contributed by atoms with Crippen LogP contribution in [0, 0.1) is 6.92 Å². The number of pyridine rings is 1. The van der Waals surface area contributed by atoms with Crippen LogP contribution in [0.15, 0.2) is 65.7 Å². The van der Waals surface area contributed by atoms with Crippen molar-refractivity contribution in [1.29, 1.82) is 0 Å². The molecule has 0 aliphatic rings. The fourth-order valence-corrected chi connectivity index (χ4v) is 3.42. The first-order chi connectivity index (χ1) is 12.8. The molecule has 0 aliphatic carbocycles. The lowest BCUT2D eigenvalue weighted by Crippen LogP contribution is -2.15. The van der Waals surface area contributed by atoms with Crippen molar-refractivity contribution < 1.29 is 13.2 Å². The van der Waals surface area contributed by atoms with E-state index < -0.39 is 15.9 Å². The van der Waals surface area contributed by atoms with E-state index >= 15 is 0 Å². The van der Waals surface area contributed by atoms with Gasteiger partial charge in [0.15, 0.2) is 0 Å². The summed E-state index contributed by atoms with van der Waals surface area (Å²) in [4.78, 5) is 16.7. The molecule has 0 saturated heterocycles. The van der Waals surface area contributed by atoms with Gasteiger partial charge in [0.05, 0.1) is 21.2 Å². The van der Waals surface area contributed by atoms with Gasteiger partial charge in [-0.2, -0.15) is 0 Å². The van der Waals surface area contributed by atoms with Gasteiger partial charge in [0.2, 0.25) is 10.0 Å². The number of aromatic nitrogens is 1. The van der Waals surface area contributed by atoms with Gasteiger partial charge in [0.25, 0.3) is 5.91 Å². The smallest absolute Gasteiger partial charge is 0.257 e. The molecule has 0 spiro atoms. The zero-order chi connectivity index (χ0) is 19.6. The van der Waals surface area contributed by atoms with Crippen molar-refractivity contribution in [2.24, 2.45) is 5.14 Å². The summed E-state index contributed by atoms with van der Waals surface area (Å²) in [5.74, 6) is -0.461. The van der Waals surface area contributed by atoms with Crippen LogP contribution in [-0.4, -0.2) is 19.3 Å². The van der Waals surface area contributed by atoms with Crippen LogP contribution < -0.4 is 10.5 Å². The van der Waals surface area contributed by atoms with Crippen molar-refractivity contribution in [3.8, 4) is 11.3 Å². The molecule has 0 fully saturated rings. The maximum atomic E-state index is 12.5. The third kappa shape index (κ3) is 4.33. The van der Waals surface area contributed by atoms with E-state index in [-0.39, 0.29) is 15.5 Å². The molecule has 0 aliphatic heterocycles. The third-order valence-corrected chi connectivity index (χ3v) is 5.17. The quantitative estimate of drug-likeness (QED) is 0.697. The number of benzene rings is 2. The molecule has 138 valence electrons. The number of carbonyl (C=O) groups excluding carboxylic acids is 1. The molecule has 6 nitrogen and oxygen atoms in total. The Balaban J connectivity index is 1.89. The summed E-state index contributed by atoms with van der Waals surface area (Å²) in [5, 5.41) is 7.83. The molecular weight excluding hydrogens is 386 g/mol. The van der Waals surface area contributed by atoms with Crippen molar-refractivity contribution in [1.82, 2.24) is 4.98 Å². The predicted molar refractivity (Wildman–Crippen MR) is 105 cm³/mol. The molecule has 0 saturated carbocycles. The molecule has 1 aromatic heterocycles. The Hall–Kier alpha value is -2.74. The number of hydrogen-bond acceptors (Lipinski definition) is 4. The Morgan fingerprint density at radius 2 is 1.89 bits per heavy atom. The Kier molecular flexibility index (Phi) is 5.27. The van der Waals surface area contributed by atoms with Crippen molar-refractivity contribution in [3.05, 3.63) is 76.9 Å². The molecular formula is C19H16ClN3O3S. The number of nitrogens with zero attached hydrogens (tertiary/aromatic N) is 1. The van der Waals surface area contributed by atoms with Crippen molar-refractivity contribution >= 4 is 33.2 Å². The number of aryl methyl sites for hydroxylation is 1. The van der Waals surface area contributed by atoms with Crippen LogP contribution in [0.3, 0.4) is 0 Å². The summed E-state index contributed by atoms with van der Waals surface area (Å²) < 4.78 is 22.7. The van der Waals surface area contributed by atoms with E-state index in [0.717, 1.165) is 22.9 Å². The highest BCUT2D eigenvalue weighted by molar-refractivity contribution is 7.89.